The number of hydrogen-bond acceptors (Lipinski definition) is 4. The number of amides is 4. The number of carbonyl (C=O) groups excluding carboxylic acids is 4. The van der Waals surface area contributed by atoms with E-state index in [0.29, 0.717) is 17.5 Å². The molecule has 7 nitrogen and oxygen atoms in total. The van der Waals surface area contributed by atoms with Crippen molar-refractivity contribution < 1.29 is 19.2 Å². The van der Waals surface area contributed by atoms with Crippen LogP contribution in [-0.2, 0) is 16.1 Å². The molecule has 1 saturated heterocycles. The van der Waals surface area contributed by atoms with Crippen molar-refractivity contribution in [1.29, 1.82) is 0 Å². The maximum atomic E-state index is 13.2. The van der Waals surface area contributed by atoms with E-state index < -0.39 is 17.9 Å². The van der Waals surface area contributed by atoms with E-state index in [2.05, 4.69) is 5.32 Å². The molecule has 33 heavy (non-hydrogen) atoms. The molecule has 3 aromatic rings. The zero-order chi connectivity index (χ0) is 23.1. The maximum Gasteiger partial charge on any atom is 0.255 e. The number of imide groups is 1. The van der Waals surface area contributed by atoms with Crippen molar-refractivity contribution in [2.45, 2.75) is 25.4 Å². The number of fused-ring (bicyclic) bond motifs is 1. The SMILES string of the molecule is NC(=O)c1ccc(-c2ccccc2)c(-c2cccc3c2CN(C2CCC(=O)NC2=O)C3=O)c1. The van der Waals surface area contributed by atoms with Gasteiger partial charge in [-0.25, -0.2) is 0 Å². The topological polar surface area (TPSA) is 110 Å². The number of nitrogens with one attached hydrogen (secondary N) is 1. The largest absolute Gasteiger partial charge is 0.366 e. The Hall–Kier alpha value is -4.26. The summed E-state index contributed by atoms with van der Waals surface area (Å²) >= 11 is 0. The van der Waals surface area contributed by atoms with Gasteiger partial charge in [-0.05, 0) is 52.4 Å². The molecule has 0 bridgehead atoms. The van der Waals surface area contributed by atoms with Crippen molar-refractivity contribution in [2.75, 3.05) is 0 Å². The number of benzene rings is 3. The first-order valence-electron chi connectivity index (χ1n) is 10.7. The lowest BCUT2D eigenvalue weighted by atomic mass is 9.89. The normalized spacial score (nSPS) is 17.6. The van der Waals surface area contributed by atoms with Crippen molar-refractivity contribution in [3.05, 3.63) is 83.4 Å². The van der Waals surface area contributed by atoms with Gasteiger partial charge in [0.2, 0.25) is 17.7 Å². The van der Waals surface area contributed by atoms with E-state index in [1.165, 1.54) is 4.90 Å². The number of rotatable bonds is 4. The van der Waals surface area contributed by atoms with Crippen LogP contribution in [0.1, 0.15) is 39.1 Å². The smallest absolute Gasteiger partial charge is 0.255 e. The third-order valence-corrected chi connectivity index (χ3v) is 6.26. The van der Waals surface area contributed by atoms with E-state index in [1.807, 2.05) is 42.5 Å². The average Bonchev–Trinajstić information content (AvgIpc) is 3.15. The van der Waals surface area contributed by atoms with E-state index >= 15 is 0 Å². The van der Waals surface area contributed by atoms with Gasteiger partial charge >= 0.3 is 0 Å². The van der Waals surface area contributed by atoms with Crippen LogP contribution in [0.25, 0.3) is 22.3 Å². The molecule has 164 valence electrons. The van der Waals surface area contributed by atoms with Gasteiger partial charge in [-0.2, -0.15) is 0 Å². The minimum absolute atomic E-state index is 0.197. The van der Waals surface area contributed by atoms with Crippen molar-refractivity contribution in [3.63, 3.8) is 0 Å². The summed E-state index contributed by atoms with van der Waals surface area (Å²) < 4.78 is 0. The van der Waals surface area contributed by atoms with Gasteiger partial charge in [0.1, 0.15) is 6.04 Å². The number of nitrogens with zero attached hydrogens (tertiary/aromatic N) is 1. The lowest BCUT2D eigenvalue weighted by molar-refractivity contribution is -0.136. The fourth-order valence-corrected chi connectivity index (χ4v) is 4.63. The minimum Gasteiger partial charge on any atom is -0.366 e. The minimum atomic E-state index is -0.694. The zero-order valence-corrected chi connectivity index (χ0v) is 17.7. The molecular formula is C26H21N3O4. The molecule has 0 spiro atoms. The molecule has 5 rings (SSSR count). The summed E-state index contributed by atoms with van der Waals surface area (Å²) in [4.78, 5) is 50.7. The standard InChI is InChI=1S/C26H21N3O4/c27-24(31)16-9-10-17(15-5-2-1-3-6-15)20(13-16)18-7-4-8-19-21(18)14-29(26(19)33)22-11-12-23(30)28-25(22)32/h1-10,13,22H,11-12,14H2,(H2,27,31)(H,28,30,32). The van der Waals surface area contributed by atoms with Crippen molar-refractivity contribution >= 4 is 23.6 Å². The van der Waals surface area contributed by atoms with E-state index in [1.54, 1.807) is 24.3 Å². The van der Waals surface area contributed by atoms with Crippen LogP contribution in [-0.4, -0.2) is 34.6 Å². The highest BCUT2D eigenvalue weighted by Gasteiger charge is 2.40. The Kier molecular flexibility index (Phi) is 5.01. The van der Waals surface area contributed by atoms with Crippen LogP contribution >= 0.6 is 0 Å². The van der Waals surface area contributed by atoms with Crippen LogP contribution in [0.15, 0.2) is 66.7 Å². The second kappa shape index (κ2) is 8.02. The molecule has 2 aliphatic rings. The number of nitrogens with two attached hydrogens (primary N) is 1. The van der Waals surface area contributed by atoms with E-state index in [4.69, 9.17) is 5.73 Å². The molecule has 0 aromatic heterocycles. The van der Waals surface area contributed by atoms with Crippen LogP contribution in [0, 0.1) is 0 Å². The molecule has 2 aliphatic heterocycles. The lowest BCUT2D eigenvalue weighted by Gasteiger charge is -2.29. The molecule has 0 radical (unpaired) electrons. The molecule has 1 unspecified atom stereocenters. The summed E-state index contributed by atoms with van der Waals surface area (Å²) in [6.45, 7) is 0.242. The van der Waals surface area contributed by atoms with Crippen LogP contribution in [0.3, 0.4) is 0 Å². The Morgan fingerprint density at radius 1 is 0.879 bits per heavy atom. The quantitative estimate of drug-likeness (QED) is 0.609. The fourth-order valence-electron chi connectivity index (χ4n) is 4.63. The molecule has 3 aromatic carbocycles. The molecular weight excluding hydrogens is 418 g/mol. The van der Waals surface area contributed by atoms with Gasteiger partial charge in [0.25, 0.3) is 5.91 Å². The van der Waals surface area contributed by atoms with Crippen molar-refractivity contribution in [2.24, 2.45) is 5.73 Å². The van der Waals surface area contributed by atoms with E-state index in [0.717, 1.165) is 27.8 Å². The monoisotopic (exact) mass is 439 g/mol. The number of piperidine rings is 1. The maximum absolute atomic E-state index is 13.2. The van der Waals surface area contributed by atoms with Gasteiger partial charge in [-0.15, -0.1) is 0 Å². The third kappa shape index (κ3) is 3.57. The highest BCUT2D eigenvalue weighted by molar-refractivity contribution is 6.07. The first-order chi connectivity index (χ1) is 15.9. The summed E-state index contributed by atoms with van der Waals surface area (Å²) in [6, 6.07) is 19.8. The van der Waals surface area contributed by atoms with Crippen molar-refractivity contribution in [3.8, 4) is 22.3 Å². The first kappa shape index (κ1) is 20.6. The van der Waals surface area contributed by atoms with Crippen molar-refractivity contribution in [1.82, 2.24) is 10.2 Å². The van der Waals surface area contributed by atoms with Crippen LogP contribution in [0.2, 0.25) is 0 Å². The van der Waals surface area contributed by atoms with Crippen LogP contribution < -0.4 is 11.1 Å². The molecule has 0 aliphatic carbocycles. The van der Waals surface area contributed by atoms with Gasteiger partial charge in [0.05, 0.1) is 0 Å². The summed E-state index contributed by atoms with van der Waals surface area (Å²) in [6.07, 6.45) is 0.494. The molecule has 1 atom stereocenters. The van der Waals surface area contributed by atoms with Gasteiger partial charge in [0, 0.05) is 24.1 Å². The van der Waals surface area contributed by atoms with Gasteiger partial charge in [0.15, 0.2) is 0 Å². The lowest BCUT2D eigenvalue weighted by Crippen LogP contribution is -2.52. The Labute approximate surface area is 190 Å². The van der Waals surface area contributed by atoms with Crippen LogP contribution in [0.4, 0.5) is 0 Å². The molecule has 0 saturated carbocycles. The zero-order valence-electron chi connectivity index (χ0n) is 17.7. The average molecular weight is 439 g/mol. The van der Waals surface area contributed by atoms with Crippen LogP contribution in [0.5, 0.6) is 0 Å². The molecule has 3 N–H and O–H groups in total. The summed E-state index contributed by atoms with van der Waals surface area (Å²) in [5.41, 5.74) is 10.7. The first-order valence-corrected chi connectivity index (χ1v) is 10.7. The second-order valence-corrected chi connectivity index (χ2v) is 8.22. The van der Waals surface area contributed by atoms with E-state index in [-0.39, 0.29) is 24.8 Å². The number of carbonyl (C=O) groups is 4. The van der Waals surface area contributed by atoms with Gasteiger partial charge < -0.3 is 10.6 Å². The molecule has 2 heterocycles. The number of hydrogen-bond donors (Lipinski definition) is 2. The summed E-state index contributed by atoms with van der Waals surface area (Å²) in [5, 5.41) is 2.33. The summed E-state index contributed by atoms with van der Waals surface area (Å²) in [7, 11) is 0. The van der Waals surface area contributed by atoms with E-state index in [9.17, 15) is 19.2 Å². The Bertz CT molecular complexity index is 1320. The van der Waals surface area contributed by atoms with Gasteiger partial charge in [-0.1, -0.05) is 48.5 Å². The predicted molar refractivity (Wildman–Crippen MR) is 122 cm³/mol. The molecule has 4 amide bonds. The third-order valence-electron chi connectivity index (χ3n) is 6.26. The summed E-state index contributed by atoms with van der Waals surface area (Å²) in [5.74, 6) is -1.55. The molecule has 7 heteroatoms. The Balaban J connectivity index is 1.62. The Morgan fingerprint density at radius 3 is 2.36 bits per heavy atom. The van der Waals surface area contributed by atoms with Gasteiger partial charge in [-0.3, -0.25) is 24.5 Å². The predicted octanol–water partition coefficient (Wildman–Crippen LogP) is 2.88. The highest BCUT2D eigenvalue weighted by Crippen LogP contribution is 2.39. The highest BCUT2D eigenvalue weighted by atomic mass is 16.2. The Morgan fingerprint density at radius 2 is 1.64 bits per heavy atom. The second-order valence-electron chi connectivity index (χ2n) is 8.22. The number of primary amides is 1. The fraction of sp³-hybridized carbons (Fsp3) is 0.154. The molecule has 1 fully saturated rings.